The molecule has 1 N–H and O–H groups in total. The fraction of sp³-hybridized carbons (Fsp3) is 0.600. The van der Waals surface area contributed by atoms with Crippen LogP contribution < -0.4 is 10.1 Å². The summed E-state index contributed by atoms with van der Waals surface area (Å²) in [7, 11) is 2.17. The van der Waals surface area contributed by atoms with E-state index in [1.165, 1.54) is 25.8 Å². The molecule has 0 amide bonds. The zero-order valence-corrected chi connectivity index (χ0v) is 11.3. The molecule has 18 heavy (non-hydrogen) atoms. The van der Waals surface area contributed by atoms with E-state index in [0.717, 1.165) is 25.4 Å². The monoisotopic (exact) mass is 248 g/mol. The zero-order valence-electron chi connectivity index (χ0n) is 11.3. The van der Waals surface area contributed by atoms with Gasteiger partial charge in [-0.2, -0.15) is 0 Å². The summed E-state index contributed by atoms with van der Waals surface area (Å²) >= 11 is 0. The van der Waals surface area contributed by atoms with Crippen LogP contribution in [0, 0.1) is 0 Å². The lowest BCUT2D eigenvalue weighted by Crippen LogP contribution is -2.43. The molecule has 1 unspecified atom stereocenters. The van der Waals surface area contributed by atoms with Crippen LogP contribution in [0.25, 0.3) is 0 Å². The third kappa shape index (κ3) is 4.67. The Bertz CT molecular complexity index is 323. The second-order valence-corrected chi connectivity index (χ2v) is 5.07. The number of hydrogen-bond donors (Lipinski definition) is 1. The Balaban J connectivity index is 1.61. The summed E-state index contributed by atoms with van der Waals surface area (Å²) in [6, 6.07) is 10.7. The van der Waals surface area contributed by atoms with E-state index in [2.05, 4.69) is 17.3 Å². The number of piperidine rings is 1. The SMILES string of the molecule is CN(CCOc1ccccc1)CC1CCCCN1. The summed E-state index contributed by atoms with van der Waals surface area (Å²) in [5, 5.41) is 3.58. The van der Waals surface area contributed by atoms with Crippen molar-refractivity contribution in [3.8, 4) is 5.75 Å². The lowest BCUT2D eigenvalue weighted by Gasteiger charge is -2.28. The highest BCUT2D eigenvalue weighted by Gasteiger charge is 2.14. The highest BCUT2D eigenvalue weighted by molar-refractivity contribution is 5.20. The van der Waals surface area contributed by atoms with E-state index < -0.39 is 0 Å². The molecule has 0 aromatic heterocycles. The smallest absolute Gasteiger partial charge is 0.119 e. The van der Waals surface area contributed by atoms with Crippen molar-refractivity contribution in [3.05, 3.63) is 30.3 Å². The molecule has 0 spiro atoms. The molecule has 3 heteroatoms. The Morgan fingerprint density at radius 3 is 2.83 bits per heavy atom. The molecule has 3 nitrogen and oxygen atoms in total. The Morgan fingerprint density at radius 2 is 2.11 bits per heavy atom. The Morgan fingerprint density at radius 1 is 1.28 bits per heavy atom. The molecule has 1 saturated heterocycles. The Hall–Kier alpha value is -1.06. The first-order chi connectivity index (χ1) is 8.84. The second-order valence-electron chi connectivity index (χ2n) is 5.07. The molecule has 100 valence electrons. The van der Waals surface area contributed by atoms with Crippen molar-refractivity contribution >= 4 is 0 Å². The molecule has 1 aromatic rings. The van der Waals surface area contributed by atoms with Gasteiger partial charge in [-0.15, -0.1) is 0 Å². The molecule has 2 rings (SSSR count). The fourth-order valence-corrected chi connectivity index (χ4v) is 2.38. The summed E-state index contributed by atoms with van der Waals surface area (Å²) in [5.41, 5.74) is 0. The molecule has 0 radical (unpaired) electrons. The van der Waals surface area contributed by atoms with Gasteiger partial charge in [-0.25, -0.2) is 0 Å². The summed E-state index contributed by atoms with van der Waals surface area (Å²) < 4.78 is 5.70. The van der Waals surface area contributed by atoms with Crippen LogP contribution in [0.3, 0.4) is 0 Å². The van der Waals surface area contributed by atoms with Crippen LogP contribution in [0.4, 0.5) is 0 Å². The van der Waals surface area contributed by atoms with E-state index in [0.29, 0.717) is 6.04 Å². The normalized spacial score (nSPS) is 20.0. The number of rotatable bonds is 6. The third-order valence-corrected chi connectivity index (χ3v) is 3.43. The van der Waals surface area contributed by atoms with Gasteiger partial charge >= 0.3 is 0 Å². The van der Waals surface area contributed by atoms with Crippen LogP contribution >= 0.6 is 0 Å². The topological polar surface area (TPSA) is 24.5 Å². The highest BCUT2D eigenvalue weighted by Crippen LogP contribution is 2.09. The quantitative estimate of drug-likeness (QED) is 0.835. The van der Waals surface area contributed by atoms with Gasteiger partial charge in [0.2, 0.25) is 0 Å². The van der Waals surface area contributed by atoms with Crippen molar-refractivity contribution in [2.45, 2.75) is 25.3 Å². The molecule has 0 aliphatic carbocycles. The standard InChI is InChI=1S/C15H24N2O/c1-17(13-14-7-5-6-10-16-14)11-12-18-15-8-3-2-4-9-15/h2-4,8-9,14,16H,5-7,10-13H2,1H3. The first kappa shape index (κ1) is 13.4. The third-order valence-electron chi connectivity index (χ3n) is 3.43. The minimum Gasteiger partial charge on any atom is -0.492 e. The predicted octanol–water partition coefficient (Wildman–Crippen LogP) is 2.14. The molecule has 1 heterocycles. The van der Waals surface area contributed by atoms with Gasteiger partial charge in [-0.05, 0) is 38.6 Å². The number of para-hydroxylation sites is 1. The largest absolute Gasteiger partial charge is 0.492 e. The minimum absolute atomic E-state index is 0.667. The molecular formula is C15H24N2O. The zero-order chi connectivity index (χ0) is 12.6. The van der Waals surface area contributed by atoms with Crippen molar-refractivity contribution in [2.24, 2.45) is 0 Å². The number of nitrogens with one attached hydrogen (secondary N) is 1. The van der Waals surface area contributed by atoms with Gasteiger partial charge in [-0.3, -0.25) is 0 Å². The average molecular weight is 248 g/mol. The van der Waals surface area contributed by atoms with Gasteiger partial charge in [0.25, 0.3) is 0 Å². The summed E-state index contributed by atoms with van der Waals surface area (Å²) in [6.07, 6.45) is 4.01. The number of ether oxygens (including phenoxy) is 1. The Labute approximate surface area is 110 Å². The summed E-state index contributed by atoms with van der Waals surface area (Å²) in [4.78, 5) is 2.35. The van der Waals surface area contributed by atoms with Crippen molar-refractivity contribution < 1.29 is 4.74 Å². The van der Waals surface area contributed by atoms with Crippen molar-refractivity contribution in [1.82, 2.24) is 10.2 Å². The lowest BCUT2D eigenvalue weighted by atomic mass is 10.0. The van der Waals surface area contributed by atoms with Crippen molar-refractivity contribution in [2.75, 3.05) is 33.3 Å². The first-order valence-electron chi connectivity index (χ1n) is 6.94. The van der Waals surface area contributed by atoms with Gasteiger partial charge in [0.05, 0.1) is 0 Å². The average Bonchev–Trinajstić information content (AvgIpc) is 2.41. The molecule has 0 bridgehead atoms. The van der Waals surface area contributed by atoms with E-state index in [9.17, 15) is 0 Å². The highest BCUT2D eigenvalue weighted by atomic mass is 16.5. The van der Waals surface area contributed by atoms with Crippen LogP contribution in [0.1, 0.15) is 19.3 Å². The van der Waals surface area contributed by atoms with Gasteiger partial charge in [0, 0.05) is 19.1 Å². The number of likely N-dealkylation sites (N-methyl/N-ethyl adjacent to an activating group) is 1. The molecule has 1 aromatic carbocycles. The van der Waals surface area contributed by atoms with E-state index >= 15 is 0 Å². The van der Waals surface area contributed by atoms with Gasteiger partial charge < -0.3 is 15.0 Å². The van der Waals surface area contributed by atoms with E-state index in [1.807, 2.05) is 30.3 Å². The number of hydrogen-bond acceptors (Lipinski definition) is 3. The van der Waals surface area contributed by atoms with Crippen molar-refractivity contribution in [1.29, 1.82) is 0 Å². The maximum atomic E-state index is 5.70. The van der Waals surface area contributed by atoms with Crippen LogP contribution in [0.15, 0.2) is 30.3 Å². The fourth-order valence-electron chi connectivity index (χ4n) is 2.38. The van der Waals surface area contributed by atoms with Crippen LogP contribution in [0.2, 0.25) is 0 Å². The number of nitrogens with zero attached hydrogens (tertiary/aromatic N) is 1. The van der Waals surface area contributed by atoms with Crippen molar-refractivity contribution in [3.63, 3.8) is 0 Å². The summed E-state index contributed by atoms with van der Waals surface area (Å²) in [6.45, 7) is 4.04. The maximum absolute atomic E-state index is 5.70. The Kier molecular flexibility index (Phi) is 5.49. The van der Waals surface area contributed by atoms with E-state index in [-0.39, 0.29) is 0 Å². The van der Waals surface area contributed by atoms with E-state index in [4.69, 9.17) is 4.74 Å². The lowest BCUT2D eigenvalue weighted by molar-refractivity contribution is 0.211. The van der Waals surface area contributed by atoms with Gasteiger partial charge in [0.1, 0.15) is 12.4 Å². The van der Waals surface area contributed by atoms with Crippen LogP contribution in [-0.4, -0.2) is 44.2 Å². The molecule has 1 aliphatic heterocycles. The first-order valence-corrected chi connectivity index (χ1v) is 6.94. The van der Waals surface area contributed by atoms with Gasteiger partial charge in [-0.1, -0.05) is 24.6 Å². The molecule has 1 aliphatic rings. The molecular weight excluding hydrogens is 224 g/mol. The molecule has 1 fully saturated rings. The van der Waals surface area contributed by atoms with Crippen LogP contribution in [-0.2, 0) is 0 Å². The number of benzene rings is 1. The van der Waals surface area contributed by atoms with E-state index in [1.54, 1.807) is 0 Å². The minimum atomic E-state index is 0.667. The van der Waals surface area contributed by atoms with Gasteiger partial charge in [0.15, 0.2) is 0 Å². The predicted molar refractivity (Wildman–Crippen MR) is 75.1 cm³/mol. The maximum Gasteiger partial charge on any atom is 0.119 e. The van der Waals surface area contributed by atoms with Crippen LogP contribution in [0.5, 0.6) is 5.75 Å². The summed E-state index contributed by atoms with van der Waals surface area (Å²) in [5.74, 6) is 0.960. The molecule has 0 saturated carbocycles. The second kappa shape index (κ2) is 7.39. The molecule has 1 atom stereocenters.